The van der Waals surface area contributed by atoms with Gasteiger partial charge in [-0.25, -0.2) is 13.1 Å². The minimum atomic E-state index is -3.12. The third-order valence-corrected chi connectivity index (χ3v) is 4.37. The Morgan fingerprint density at radius 1 is 1.33 bits per heavy atom. The SMILES string of the molecule is CC(C)(C)S(=O)(=O)NCCCI. The van der Waals surface area contributed by atoms with Crippen LogP contribution in [0.4, 0.5) is 0 Å². The van der Waals surface area contributed by atoms with Crippen LogP contribution in [0.25, 0.3) is 0 Å². The molecule has 0 fully saturated rings. The van der Waals surface area contributed by atoms with E-state index in [1.807, 2.05) is 0 Å². The highest BCUT2D eigenvalue weighted by molar-refractivity contribution is 14.1. The molecule has 0 aliphatic heterocycles. The van der Waals surface area contributed by atoms with Crippen LogP contribution in [0.1, 0.15) is 27.2 Å². The number of sulfonamides is 1. The van der Waals surface area contributed by atoms with Gasteiger partial charge in [0.2, 0.25) is 10.0 Å². The van der Waals surface area contributed by atoms with E-state index < -0.39 is 14.8 Å². The van der Waals surface area contributed by atoms with Gasteiger partial charge in [-0.15, -0.1) is 0 Å². The van der Waals surface area contributed by atoms with Crippen LogP contribution in [0.2, 0.25) is 0 Å². The second kappa shape index (κ2) is 4.76. The minimum absolute atomic E-state index is 0.544. The number of nitrogens with one attached hydrogen (secondary N) is 1. The van der Waals surface area contributed by atoms with Crippen molar-refractivity contribution in [2.45, 2.75) is 31.9 Å². The van der Waals surface area contributed by atoms with E-state index in [4.69, 9.17) is 0 Å². The summed E-state index contributed by atoms with van der Waals surface area (Å²) in [5, 5.41) is 0. The highest BCUT2D eigenvalue weighted by Crippen LogP contribution is 2.12. The summed E-state index contributed by atoms with van der Waals surface area (Å²) < 4.78 is 25.7. The number of hydrogen-bond donors (Lipinski definition) is 1. The lowest BCUT2D eigenvalue weighted by molar-refractivity contribution is 0.545. The molecule has 3 nitrogen and oxygen atoms in total. The van der Waals surface area contributed by atoms with Crippen molar-refractivity contribution in [3.05, 3.63) is 0 Å². The smallest absolute Gasteiger partial charge is 0.215 e. The van der Waals surface area contributed by atoms with E-state index in [1.54, 1.807) is 20.8 Å². The fourth-order valence-electron chi connectivity index (χ4n) is 0.490. The molecule has 0 aromatic heterocycles. The molecule has 0 radical (unpaired) electrons. The van der Waals surface area contributed by atoms with Crippen LogP contribution in [0.5, 0.6) is 0 Å². The largest absolute Gasteiger partial charge is 0.216 e. The maximum Gasteiger partial charge on any atom is 0.216 e. The summed E-state index contributed by atoms with van der Waals surface area (Å²) in [6, 6.07) is 0. The van der Waals surface area contributed by atoms with E-state index in [1.165, 1.54) is 0 Å². The Bertz CT molecular complexity index is 218. The van der Waals surface area contributed by atoms with Crippen molar-refractivity contribution in [2.75, 3.05) is 11.0 Å². The van der Waals surface area contributed by atoms with Crippen LogP contribution < -0.4 is 4.72 Å². The molecule has 0 saturated heterocycles. The second-order valence-corrected chi connectivity index (χ2v) is 7.15. The zero-order valence-electron chi connectivity index (χ0n) is 7.72. The molecule has 0 rings (SSSR count). The van der Waals surface area contributed by atoms with Gasteiger partial charge in [0.15, 0.2) is 0 Å². The number of hydrogen-bond acceptors (Lipinski definition) is 2. The maximum atomic E-state index is 11.4. The van der Waals surface area contributed by atoms with Gasteiger partial charge in [-0.2, -0.15) is 0 Å². The Labute approximate surface area is 88.5 Å². The van der Waals surface area contributed by atoms with E-state index in [2.05, 4.69) is 27.3 Å². The predicted octanol–water partition coefficient (Wildman–Crippen LogP) is 1.53. The molecule has 1 N–H and O–H groups in total. The molecule has 0 spiro atoms. The van der Waals surface area contributed by atoms with Gasteiger partial charge in [0.25, 0.3) is 0 Å². The molecule has 5 heteroatoms. The van der Waals surface area contributed by atoms with Crippen LogP contribution in [-0.4, -0.2) is 24.1 Å². The van der Waals surface area contributed by atoms with Crippen LogP contribution in [0, 0.1) is 0 Å². The Morgan fingerprint density at radius 2 is 1.83 bits per heavy atom. The van der Waals surface area contributed by atoms with Gasteiger partial charge in [-0.1, -0.05) is 22.6 Å². The van der Waals surface area contributed by atoms with Crippen LogP contribution >= 0.6 is 22.6 Å². The van der Waals surface area contributed by atoms with Gasteiger partial charge < -0.3 is 0 Å². The van der Waals surface area contributed by atoms with Gasteiger partial charge in [0.1, 0.15) is 0 Å². The molecule has 0 bridgehead atoms. The normalized spacial score (nSPS) is 13.3. The van der Waals surface area contributed by atoms with E-state index in [-0.39, 0.29) is 0 Å². The van der Waals surface area contributed by atoms with Crippen LogP contribution in [-0.2, 0) is 10.0 Å². The lowest BCUT2D eigenvalue weighted by Gasteiger charge is -2.19. The summed E-state index contributed by atoms with van der Waals surface area (Å²) in [5.41, 5.74) is 0. The van der Waals surface area contributed by atoms with Crippen molar-refractivity contribution in [1.82, 2.24) is 4.72 Å². The zero-order valence-corrected chi connectivity index (χ0v) is 10.7. The van der Waals surface area contributed by atoms with Gasteiger partial charge in [-0.05, 0) is 27.2 Å². The van der Waals surface area contributed by atoms with E-state index in [0.29, 0.717) is 6.54 Å². The fourth-order valence-corrected chi connectivity index (χ4v) is 1.72. The van der Waals surface area contributed by atoms with Gasteiger partial charge in [-0.3, -0.25) is 0 Å². The Hall–Kier alpha value is 0.640. The molecule has 0 amide bonds. The van der Waals surface area contributed by atoms with Crippen molar-refractivity contribution in [2.24, 2.45) is 0 Å². The van der Waals surface area contributed by atoms with E-state index >= 15 is 0 Å². The highest BCUT2D eigenvalue weighted by atomic mass is 127. The van der Waals surface area contributed by atoms with Crippen molar-refractivity contribution in [3.8, 4) is 0 Å². The summed E-state index contributed by atoms with van der Waals surface area (Å²) in [6.45, 7) is 5.63. The van der Waals surface area contributed by atoms with E-state index in [9.17, 15) is 8.42 Å². The fraction of sp³-hybridized carbons (Fsp3) is 1.00. The molecule has 0 heterocycles. The van der Waals surface area contributed by atoms with Crippen molar-refractivity contribution >= 4 is 32.6 Å². The molecular weight excluding hydrogens is 289 g/mol. The Balaban J connectivity index is 4.08. The summed E-state index contributed by atoms with van der Waals surface area (Å²) in [4.78, 5) is 0. The summed E-state index contributed by atoms with van der Waals surface area (Å²) in [5.74, 6) is 0. The minimum Gasteiger partial charge on any atom is -0.215 e. The standard InChI is InChI=1S/C7H16INO2S/c1-7(2,3)12(10,11)9-6-4-5-8/h9H,4-6H2,1-3H3. The molecule has 0 aromatic carbocycles. The first-order chi connectivity index (χ1) is 5.31. The third-order valence-electron chi connectivity index (χ3n) is 1.41. The van der Waals surface area contributed by atoms with Crippen LogP contribution in [0.3, 0.4) is 0 Å². The molecular formula is C7H16INO2S. The Kier molecular flexibility index (Phi) is 5.01. The predicted molar refractivity (Wildman–Crippen MR) is 60.2 cm³/mol. The lowest BCUT2D eigenvalue weighted by atomic mass is 10.3. The van der Waals surface area contributed by atoms with Crippen molar-refractivity contribution in [1.29, 1.82) is 0 Å². The summed E-state index contributed by atoms with van der Waals surface area (Å²) >= 11 is 2.23. The first-order valence-corrected chi connectivity index (χ1v) is 6.87. The van der Waals surface area contributed by atoms with Crippen LogP contribution in [0.15, 0.2) is 0 Å². The Morgan fingerprint density at radius 3 is 2.17 bits per heavy atom. The molecule has 74 valence electrons. The lowest BCUT2D eigenvalue weighted by Crippen LogP contribution is -2.39. The number of alkyl halides is 1. The molecule has 0 unspecified atom stereocenters. The third kappa shape index (κ3) is 4.04. The number of halogens is 1. The summed E-state index contributed by atoms with van der Waals surface area (Å²) in [7, 11) is -3.12. The van der Waals surface area contributed by atoms with Gasteiger partial charge in [0, 0.05) is 11.0 Å². The molecule has 0 aliphatic carbocycles. The van der Waals surface area contributed by atoms with E-state index in [0.717, 1.165) is 10.8 Å². The second-order valence-electron chi connectivity index (χ2n) is 3.55. The first kappa shape index (κ1) is 12.6. The average molecular weight is 305 g/mol. The summed E-state index contributed by atoms with van der Waals surface area (Å²) in [6.07, 6.45) is 0.885. The number of rotatable bonds is 4. The monoisotopic (exact) mass is 305 g/mol. The molecule has 0 saturated carbocycles. The molecule has 0 aliphatic rings. The molecule has 12 heavy (non-hydrogen) atoms. The maximum absolute atomic E-state index is 11.4. The highest BCUT2D eigenvalue weighted by Gasteiger charge is 2.27. The van der Waals surface area contributed by atoms with Gasteiger partial charge >= 0.3 is 0 Å². The quantitative estimate of drug-likeness (QED) is 0.486. The average Bonchev–Trinajstić information content (AvgIpc) is 1.85. The zero-order chi connectivity index (χ0) is 9.83. The molecule has 0 aromatic rings. The topological polar surface area (TPSA) is 46.2 Å². The van der Waals surface area contributed by atoms with Crippen molar-refractivity contribution in [3.63, 3.8) is 0 Å². The molecule has 0 atom stereocenters. The van der Waals surface area contributed by atoms with Gasteiger partial charge in [0.05, 0.1) is 4.75 Å². The first-order valence-electron chi connectivity index (χ1n) is 3.86. The van der Waals surface area contributed by atoms with Crippen molar-refractivity contribution < 1.29 is 8.42 Å².